The van der Waals surface area contributed by atoms with Crippen LogP contribution in [-0.2, 0) is 0 Å². The van der Waals surface area contributed by atoms with E-state index in [-0.39, 0.29) is 0 Å². The molecule has 3 heterocycles. The van der Waals surface area contributed by atoms with Gasteiger partial charge >= 0.3 is 0 Å². The predicted molar refractivity (Wildman–Crippen MR) is 280 cm³/mol. The van der Waals surface area contributed by atoms with Crippen LogP contribution in [0.15, 0.2) is 211 Å². The highest BCUT2D eigenvalue weighted by atomic mass is 16.3. The molecular formula is C63H42N4O. The molecular weight excluding hydrogens is 829 g/mol. The van der Waals surface area contributed by atoms with Crippen LogP contribution < -0.4 is 0 Å². The molecule has 0 saturated heterocycles. The molecule has 5 nitrogen and oxygen atoms in total. The zero-order valence-corrected chi connectivity index (χ0v) is 37.3. The van der Waals surface area contributed by atoms with Gasteiger partial charge in [-0.1, -0.05) is 164 Å². The van der Waals surface area contributed by atoms with Gasteiger partial charge in [-0.3, -0.25) is 0 Å². The molecule has 14 rings (SSSR count). The van der Waals surface area contributed by atoms with Crippen molar-refractivity contribution in [3.63, 3.8) is 0 Å². The SMILES string of the molecule is Cc1c(-c2nc(-c3ccc(-c4ccccc4)cc3)nc(-c3cccc4c3oc3ccccc34)n2)cc(-n2c3cc4ccccc4cc3c3c4ccccc4ccc32)cc1-c1ccccc1C1CC1. The molecule has 320 valence electrons. The summed E-state index contributed by atoms with van der Waals surface area (Å²) >= 11 is 0. The number of nitrogens with zero attached hydrogens (tertiary/aromatic N) is 4. The maximum atomic E-state index is 6.64. The third-order valence-corrected chi connectivity index (χ3v) is 14.2. The average Bonchev–Trinajstić information content (AvgIpc) is 4.11. The molecule has 0 aliphatic heterocycles. The zero-order chi connectivity index (χ0) is 44.9. The van der Waals surface area contributed by atoms with Gasteiger partial charge in [-0.05, 0) is 123 Å². The van der Waals surface area contributed by atoms with E-state index >= 15 is 0 Å². The van der Waals surface area contributed by atoms with Crippen LogP contribution >= 0.6 is 0 Å². The van der Waals surface area contributed by atoms with Gasteiger partial charge in [-0.15, -0.1) is 0 Å². The van der Waals surface area contributed by atoms with Gasteiger partial charge in [0.25, 0.3) is 0 Å². The molecule has 0 bridgehead atoms. The van der Waals surface area contributed by atoms with Crippen LogP contribution in [0, 0.1) is 6.92 Å². The van der Waals surface area contributed by atoms with Crippen molar-refractivity contribution in [1.82, 2.24) is 19.5 Å². The minimum absolute atomic E-state index is 0.544. The third kappa shape index (κ3) is 6.20. The molecule has 13 aromatic rings. The Kier molecular flexibility index (Phi) is 8.62. The van der Waals surface area contributed by atoms with Crippen LogP contribution in [0.2, 0.25) is 0 Å². The van der Waals surface area contributed by atoms with Crippen LogP contribution in [0.3, 0.4) is 0 Å². The molecule has 0 spiro atoms. The first-order chi connectivity index (χ1) is 33.6. The minimum atomic E-state index is 0.544. The number of rotatable bonds is 7. The summed E-state index contributed by atoms with van der Waals surface area (Å²) in [6.07, 6.45) is 2.40. The number of hydrogen-bond acceptors (Lipinski definition) is 4. The second-order valence-corrected chi connectivity index (χ2v) is 18.3. The van der Waals surface area contributed by atoms with Crippen LogP contribution in [0.1, 0.15) is 29.9 Å². The topological polar surface area (TPSA) is 56.7 Å². The molecule has 0 amide bonds. The van der Waals surface area contributed by atoms with Crippen molar-refractivity contribution in [2.75, 3.05) is 0 Å². The third-order valence-electron chi connectivity index (χ3n) is 14.2. The molecule has 5 heteroatoms. The monoisotopic (exact) mass is 870 g/mol. The van der Waals surface area contributed by atoms with Gasteiger partial charge in [0, 0.05) is 38.4 Å². The lowest BCUT2D eigenvalue weighted by molar-refractivity contribution is 0.669. The Hall–Kier alpha value is -8.67. The fourth-order valence-electron chi connectivity index (χ4n) is 10.7. The van der Waals surface area contributed by atoms with E-state index in [0.717, 1.165) is 72.0 Å². The van der Waals surface area contributed by atoms with E-state index in [4.69, 9.17) is 19.4 Å². The standard InChI is InChI=1S/C63H42N4O/c1-38-53(49-21-10-9-19-47(49)42-28-29-42)36-46(67-56-33-32-41-16-7-8-20-48(41)59(56)55-34-44-17-5-6-18-45(44)35-57(55)67)37-54(38)63-65-61(43-30-26-40(27-31-43)39-14-3-2-4-15-39)64-62(66-63)52-24-13-23-51-50-22-11-12-25-58(50)68-60(51)52/h2-27,30-37,42H,28-29H2,1H3. The van der Waals surface area contributed by atoms with Crippen molar-refractivity contribution >= 4 is 65.3 Å². The highest BCUT2D eigenvalue weighted by Crippen LogP contribution is 2.47. The Morgan fingerprint density at radius 1 is 0.426 bits per heavy atom. The van der Waals surface area contributed by atoms with E-state index in [1.807, 2.05) is 18.2 Å². The van der Waals surface area contributed by atoms with E-state index in [1.54, 1.807) is 0 Å². The lowest BCUT2D eigenvalue weighted by Gasteiger charge is -2.19. The maximum absolute atomic E-state index is 6.64. The molecule has 3 aromatic heterocycles. The van der Waals surface area contributed by atoms with E-state index < -0.39 is 0 Å². The van der Waals surface area contributed by atoms with Gasteiger partial charge in [-0.2, -0.15) is 0 Å². The molecule has 1 aliphatic rings. The molecule has 0 radical (unpaired) electrons. The van der Waals surface area contributed by atoms with Crippen molar-refractivity contribution in [3.05, 3.63) is 217 Å². The van der Waals surface area contributed by atoms with Gasteiger partial charge in [0.2, 0.25) is 0 Å². The Bertz CT molecular complexity index is 4160. The van der Waals surface area contributed by atoms with Crippen LogP contribution in [0.25, 0.3) is 127 Å². The molecule has 1 aliphatic carbocycles. The molecule has 1 fully saturated rings. The van der Waals surface area contributed by atoms with Gasteiger partial charge in [0.05, 0.1) is 16.6 Å². The smallest absolute Gasteiger partial charge is 0.167 e. The highest BCUT2D eigenvalue weighted by molar-refractivity contribution is 6.23. The van der Waals surface area contributed by atoms with Crippen molar-refractivity contribution in [1.29, 1.82) is 0 Å². The van der Waals surface area contributed by atoms with E-state index in [2.05, 4.69) is 200 Å². The summed E-state index contributed by atoms with van der Waals surface area (Å²) in [5.41, 5.74) is 14.8. The number of benzene rings is 10. The highest BCUT2D eigenvalue weighted by Gasteiger charge is 2.28. The fourth-order valence-corrected chi connectivity index (χ4v) is 10.7. The van der Waals surface area contributed by atoms with Gasteiger partial charge < -0.3 is 8.98 Å². The summed E-state index contributed by atoms with van der Waals surface area (Å²) in [6.45, 7) is 2.24. The number of hydrogen-bond donors (Lipinski definition) is 0. The largest absolute Gasteiger partial charge is 0.455 e. The van der Waals surface area contributed by atoms with Gasteiger partial charge in [-0.25, -0.2) is 15.0 Å². The first-order valence-corrected chi connectivity index (χ1v) is 23.5. The number of aromatic nitrogens is 4. The Morgan fingerprint density at radius 3 is 1.87 bits per heavy atom. The summed E-state index contributed by atoms with van der Waals surface area (Å²) in [5.74, 6) is 2.30. The summed E-state index contributed by atoms with van der Waals surface area (Å²) in [5, 5.41) is 9.43. The normalized spacial score (nSPS) is 12.9. The lowest BCUT2D eigenvalue weighted by Crippen LogP contribution is -2.04. The van der Waals surface area contributed by atoms with Crippen LogP contribution in [-0.4, -0.2) is 19.5 Å². The van der Waals surface area contributed by atoms with Crippen molar-refractivity contribution in [2.45, 2.75) is 25.7 Å². The summed E-state index contributed by atoms with van der Waals surface area (Å²) in [4.78, 5) is 16.2. The molecule has 68 heavy (non-hydrogen) atoms. The number of furan rings is 1. The second-order valence-electron chi connectivity index (χ2n) is 18.3. The Labute approximate surface area is 392 Å². The van der Waals surface area contributed by atoms with E-state index in [0.29, 0.717) is 23.4 Å². The minimum Gasteiger partial charge on any atom is -0.455 e. The molecule has 1 saturated carbocycles. The van der Waals surface area contributed by atoms with E-state index in [1.165, 1.54) is 61.8 Å². The summed E-state index contributed by atoms with van der Waals surface area (Å²) in [7, 11) is 0. The molecule has 0 unspecified atom stereocenters. The maximum Gasteiger partial charge on any atom is 0.167 e. The van der Waals surface area contributed by atoms with E-state index in [9.17, 15) is 0 Å². The zero-order valence-electron chi connectivity index (χ0n) is 37.3. The van der Waals surface area contributed by atoms with Gasteiger partial charge in [0.1, 0.15) is 11.2 Å². The quantitative estimate of drug-likeness (QED) is 0.160. The predicted octanol–water partition coefficient (Wildman–Crippen LogP) is 16.7. The lowest BCUT2D eigenvalue weighted by atomic mass is 9.90. The van der Waals surface area contributed by atoms with Crippen LogP contribution in [0.4, 0.5) is 0 Å². The summed E-state index contributed by atoms with van der Waals surface area (Å²) in [6, 6.07) is 74.0. The first-order valence-electron chi connectivity index (χ1n) is 23.5. The van der Waals surface area contributed by atoms with Crippen molar-refractivity contribution in [2.24, 2.45) is 0 Å². The average molecular weight is 871 g/mol. The first kappa shape index (κ1) is 38.6. The van der Waals surface area contributed by atoms with Crippen molar-refractivity contribution < 1.29 is 4.42 Å². The molecule has 0 atom stereocenters. The summed E-state index contributed by atoms with van der Waals surface area (Å²) < 4.78 is 9.11. The van der Waals surface area contributed by atoms with Crippen LogP contribution in [0.5, 0.6) is 0 Å². The number of fused-ring (bicyclic) bond motifs is 9. The van der Waals surface area contributed by atoms with Gasteiger partial charge in [0.15, 0.2) is 17.5 Å². The number of para-hydroxylation sites is 2. The second kappa shape index (κ2) is 15.2. The Balaban J connectivity index is 1.07. The molecule has 10 aromatic carbocycles. The van der Waals surface area contributed by atoms with Crippen molar-refractivity contribution in [3.8, 4) is 62.1 Å². The molecule has 0 N–H and O–H groups in total. The Morgan fingerprint density at radius 2 is 1.04 bits per heavy atom. The fraction of sp³-hybridized carbons (Fsp3) is 0.0635.